The van der Waals surface area contributed by atoms with Gasteiger partial charge in [-0.1, -0.05) is 12.8 Å². The fourth-order valence-electron chi connectivity index (χ4n) is 3.20. The average Bonchev–Trinajstić information content (AvgIpc) is 3.07. The fourth-order valence-corrected chi connectivity index (χ4v) is 3.20. The number of fused-ring (bicyclic) bond motifs is 1. The molecule has 6 heteroatoms. The first-order chi connectivity index (χ1) is 11.7. The van der Waals surface area contributed by atoms with Crippen LogP contribution in [0.3, 0.4) is 0 Å². The third kappa shape index (κ3) is 2.92. The molecule has 2 N–H and O–H groups in total. The van der Waals surface area contributed by atoms with Gasteiger partial charge in [-0.3, -0.25) is 9.97 Å². The van der Waals surface area contributed by atoms with Gasteiger partial charge >= 0.3 is 0 Å². The first-order valence-electron chi connectivity index (χ1n) is 8.22. The Balaban J connectivity index is 1.72. The van der Waals surface area contributed by atoms with Crippen LogP contribution in [0.25, 0.3) is 22.3 Å². The summed E-state index contributed by atoms with van der Waals surface area (Å²) in [5.41, 5.74) is 1.04. The number of aromatic nitrogens is 4. The van der Waals surface area contributed by atoms with Crippen LogP contribution in [-0.2, 0) is 0 Å². The number of anilines is 1. The van der Waals surface area contributed by atoms with Gasteiger partial charge in [-0.05, 0) is 31.0 Å². The zero-order valence-corrected chi connectivity index (χ0v) is 13.3. The van der Waals surface area contributed by atoms with Crippen LogP contribution < -0.4 is 5.32 Å². The van der Waals surface area contributed by atoms with E-state index < -0.39 is 5.60 Å². The predicted octanol–water partition coefficient (Wildman–Crippen LogP) is 2.80. The quantitative estimate of drug-likeness (QED) is 0.769. The van der Waals surface area contributed by atoms with Gasteiger partial charge < -0.3 is 10.4 Å². The lowest BCUT2D eigenvalue weighted by Gasteiger charge is -2.23. The van der Waals surface area contributed by atoms with Crippen molar-refractivity contribution in [2.24, 2.45) is 0 Å². The van der Waals surface area contributed by atoms with Gasteiger partial charge in [0.1, 0.15) is 5.82 Å². The number of pyridine rings is 2. The van der Waals surface area contributed by atoms with Crippen LogP contribution in [0.4, 0.5) is 5.82 Å². The number of nitrogens with one attached hydrogen (secondary N) is 1. The molecule has 3 heterocycles. The van der Waals surface area contributed by atoms with Crippen LogP contribution in [0.2, 0.25) is 0 Å². The van der Waals surface area contributed by atoms with Gasteiger partial charge in [0.25, 0.3) is 0 Å². The molecule has 0 saturated heterocycles. The Morgan fingerprint density at radius 3 is 2.54 bits per heavy atom. The number of rotatable bonds is 4. The number of nitrogens with zero attached hydrogens (tertiary/aromatic N) is 4. The maximum Gasteiger partial charge on any atom is 0.162 e. The van der Waals surface area contributed by atoms with Crippen LogP contribution in [0.15, 0.2) is 43.0 Å². The highest BCUT2D eigenvalue weighted by molar-refractivity contribution is 5.89. The largest absolute Gasteiger partial charge is 0.388 e. The van der Waals surface area contributed by atoms with Crippen molar-refractivity contribution in [1.29, 1.82) is 0 Å². The van der Waals surface area contributed by atoms with Crippen molar-refractivity contribution in [1.82, 2.24) is 19.9 Å². The highest BCUT2D eigenvalue weighted by Gasteiger charge is 2.31. The lowest BCUT2D eigenvalue weighted by molar-refractivity contribution is 0.0614. The minimum atomic E-state index is -0.638. The van der Waals surface area contributed by atoms with E-state index in [1.165, 1.54) is 0 Å². The molecule has 0 spiro atoms. The van der Waals surface area contributed by atoms with Gasteiger partial charge in [0.2, 0.25) is 0 Å². The highest BCUT2D eigenvalue weighted by Crippen LogP contribution is 2.30. The van der Waals surface area contributed by atoms with Crippen LogP contribution in [0.1, 0.15) is 25.7 Å². The molecular weight excluding hydrogens is 302 g/mol. The van der Waals surface area contributed by atoms with Gasteiger partial charge in [-0.25, -0.2) is 9.97 Å². The molecule has 0 amide bonds. The fraction of sp³-hybridized carbons (Fsp3) is 0.333. The van der Waals surface area contributed by atoms with Crippen molar-refractivity contribution in [3.8, 4) is 11.4 Å². The van der Waals surface area contributed by atoms with Crippen LogP contribution in [0.5, 0.6) is 0 Å². The highest BCUT2D eigenvalue weighted by atomic mass is 16.3. The molecule has 4 rings (SSSR count). The summed E-state index contributed by atoms with van der Waals surface area (Å²) in [5.74, 6) is 1.35. The van der Waals surface area contributed by atoms with Crippen molar-refractivity contribution in [3.05, 3.63) is 43.0 Å². The van der Waals surface area contributed by atoms with Crippen molar-refractivity contribution in [2.45, 2.75) is 31.3 Å². The smallest absolute Gasteiger partial charge is 0.162 e. The van der Waals surface area contributed by atoms with Gasteiger partial charge in [0, 0.05) is 36.1 Å². The molecule has 0 radical (unpaired) electrons. The molecule has 122 valence electrons. The minimum Gasteiger partial charge on any atom is -0.388 e. The van der Waals surface area contributed by atoms with Gasteiger partial charge in [0.05, 0.1) is 17.3 Å². The van der Waals surface area contributed by atoms with E-state index in [9.17, 15) is 5.11 Å². The summed E-state index contributed by atoms with van der Waals surface area (Å²) in [6.45, 7) is 0.497. The molecule has 6 nitrogen and oxygen atoms in total. The lowest BCUT2D eigenvalue weighted by Crippen LogP contribution is -2.33. The second-order valence-corrected chi connectivity index (χ2v) is 6.31. The maximum absolute atomic E-state index is 10.6. The molecule has 3 aromatic rings. The molecular formula is C18H19N5O. The summed E-state index contributed by atoms with van der Waals surface area (Å²) in [5, 5.41) is 14.8. The third-order valence-corrected chi connectivity index (χ3v) is 4.56. The first kappa shape index (κ1) is 15.0. The Morgan fingerprint density at radius 2 is 1.75 bits per heavy atom. The first-order valence-corrected chi connectivity index (χ1v) is 8.22. The Morgan fingerprint density at radius 1 is 1.00 bits per heavy atom. The van der Waals surface area contributed by atoms with E-state index in [0.29, 0.717) is 12.4 Å². The van der Waals surface area contributed by atoms with E-state index >= 15 is 0 Å². The Bertz CT molecular complexity index is 846. The van der Waals surface area contributed by atoms with E-state index in [2.05, 4.69) is 25.3 Å². The molecule has 0 unspecified atom stereocenters. The lowest BCUT2D eigenvalue weighted by atomic mass is 10.0. The Kier molecular flexibility index (Phi) is 3.82. The van der Waals surface area contributed by atoms with E-state index in [1.54, 1.807) is 24.8 Å². The Labute approximate surface area is 140 Å². The zero-order chi connectivity index (χ0) is 16.4. The monoisotopic (exact) mass is 321 g/mol. The van der Waals surface area contributed by atoms with Gasteiger partial charge in [-0.15, -0.1) is 0 Å². The zero-order valence-electron chi connectivity index (χ0n) is 13.3. The van der Waals surface area contributed by atoms with Crippen molar-refractivity contribution in [3.63, 3.8) is 0 Å². The maximum atomic E-state index is 10.6. The summed E-state index contributed by atoms with van der Waals surface area (Å²) >= 11 is 0. The van der Waals surface area contributed by atoms with Crippen molar-refractivity contribution < 1.29 is 5.11 Å². The summed E-state index contributed by atoms with van der Waals surface area (Å²) < 4.78 is 0. The second-order valence-electron chi connectivity index (χ2n) is 6.31. The topological polar surface area (TPSA) is 83.8 Å². The Hall–Kier alpha value is -2.60. The molecule has 0 aromatic carbocycles. The van der Waals surface area contributed by atoms with E-state index in [0.717, 1.165) is 48.0 Å². The molecule has 1 fully saturated rings. The summed E-state index contributed by atoms with van der Waals surface area (Å²) in [4.78, 5) is 17.5. The summed E-state index contributed by atoms with van der Waals surface area (Å²) in [7, 11) is 0. The van der Waals surface area contributed by atoms with Crippen LogP contribution in [0, 0.1) is 0 Å². The second kappa shape index (κ2) is 6.13. The number of aliphatic hydroxyl groups is 1. The number of hydrogen-bond donors (Lipinski definition) is 2. The van der Waals surface area contributed by atoms with E-state index in [1.807, 2.05) is 18.2 Å². The molecule has 0 atom stereocenters. The van der Waals surface area contributed by atoms with Crippen LogP contribution in [-0.4, -0.2) is 37.2 Å². The summed E-state index contributed by atoms with van der Waals surface area (Å²) in [6.07, 6.45) is 10.7. The van der Waals surface area contributed by atoms with E-state index in [4.69, 9.17) is 0 Å². The van der Waals surface area contributed by atoms with Gasteiger partial charge in [0.15, 0.2) is 5.82 Å². The standard InChI is InChI=1S/C18H19N5O/c24-18(6-1-2-7-18)12-21-17-14-5-10-20-11-15(14)22-16(23-17)13-3-8-19-9-4-13/h3-5,8-11,24H,1-2,6-7,12H2,(H,21,22,23). The number of hydrogen-bond acceptors (Lipinski definition) is 6. The van der Waals surface area contributed by atoms with E-state index in [-0.39, 0.29) is 0 Å². The van der Waals surface area contributed by atoms with Crippen molar-refractivity contribution >= 4 is 16.7 Å². The molecule has 0 bridgehead atoms. The molecule has 3 aromatic heterocycles. The third-order valence-electron chi connectivity index (χ3n) is 4.56. The minimum absolute atomic E-state index is 0.497. The van der Waals surface area contributed by atoms with Gasteiger partial charge in [-0.2, -0.15) is 0 Å². The molecule has 1 aliphatic carbocycles. The molecule has 0 aliphatic heterocycles. The predicted molar refractivity (Wildman–Crippen MR) is 92.5 cm³/mol. The SMILES string of the molecule is OC1(CNc2nc(-c3ccncc3)nc3cnccc23)CCCC1. The molecule has 1 saturated carbocycles. The molecule has 1 aliphatic rings. The average molecular weight is 321 g/mol. The van der Waals surface area contributed by atoms with Crippen molar-refractivity contribution in [2.75, 3.05) is 11.9 Å². The van der Waals surface area contributed by atoms with Crippen LogP contribution >= 0.6 is 0 Å². The normalized spacial score (nSPS) is 16.4. The molecule has 24 heavy (non-hydrogen) atoms. The summed E-state index contributed by atoms with van der Waals surface area (Å²) in [6, 6.07) is 5.66.